The Morgan fingerprint density at radius 2 is 1.18 bits per heavy atom. The summed E-state index contributed by atoms with van der Waals surface area (Å²) in [5.74, 6) is 0. The van der Waals surface area contributed by atoms with E-state index in [1.807, 2.05) is 0 Å². The lowest BCUT2D eigenvalue weighted by Crippen LogP contribution is -1.90. The van der Waals surface area contributed by atoms with Crippen LogP contribution in [0, 0.1) is 0 Å². The predicted octanol–water partition coefficient (Wildman–Crippen LogP) is 5.47. The number of halogens is 3. The van der Waals surface area contributed by atoms with Crippen LogP contribution in [0.5, 0.6) is 0 Å². The van der Waals surface area contributed by atoms with E-state index in [-0.39, 0.29) is 13.2 Å². The monoisotopic (exact) mass is 313 g/mol. The Kier molecular flexibility index (Phi) is 5.04. The minimum atomic E-state index is -4.40. The molecule has 3 unspecified atom stereocenters. The van der Waals surface area contributed by atoms with Gasteiger partial charge in [0.1, 0.15) is 0 Å². The molecule has 102 valence electrons. The SMILES string of the molecule is CCOP1(F)=NP(F)(OC)=NP(F)(OCC)=N1. The average molecular weight is 313 g/mol. The molecule has 0 saturated carbocycles. The molecule has 12 heteroatoms. The molecule has 6 nitrogen and oxygen atoms in total. The highest BCUT2D eigenvalue weighted by Gasteiger charge is 2.40. The Bertz CT molecular complexity index is 443. The fourth-order valence-electron chi connectivity index (χ4n) is 0.967. The molecule has 0 saturated heterocycles. The third-order valence-corrected chi connectivity index (χ3v) is 8.41. The fourth-order valence-corrected chi connectivity index (χ4v) is 7.70. The predicted molar refractivity (Wildman–Crippen MR) is 61.6 cm³/mol. The van der Waals surface area contributed by atoms with Crippen molar-refractivity contribution in [1.82, 2.24) is 0 Å². The van der Waals surface area contributed by atoms with Gasteiger partial charge in [0.05, 0.1) is 13.2 Å². The second kappa shape index (κ2) is 5.55. The first-order valence-corrected chi connectivity index (χ1v) is 9.16. The van der Waals surface area contributed by atoms with Crippen LogP contribution in [0.15, 0.2) is 13.5 Å². The summed E-state index contributed by atoms with van der Waals surface area (Å²) < 4.78 is 64.5. The van der Waals surface area contributed by atoms with E-state index in [0.29, 0.717) is 0 Å². The lowest BCUT2D eigenvalue weighted by atomic mass is 10.9. The Labute approximate surface area is 97.8 Å². The normalized spacial score (nSPS) is 41.3. The number of hydrogen-bond acceptors (Lipinski definition) is 6. The molecule has 17 heavy (non-hydrogen) atoms. The topological polar surface area (TPSA) is 64.8 Å². The summed E-state index contributed by atoms with van der Waals surface area (Å²) in [4.78, 5) is 0. The smallest absolute Gasteiger partial charge is 0.306 e. The van der Waals surface area contributed by atoms with Gasteiger partial charge in [0.25, 0.3) is 0 Å². The van der Waals surface area contributed by atoms with Crippen molar-refractivity contribution >= 4 is 23.2 Å². The van der Waals surface area contributed by atoms with Gasteiger partial charge in [-0.3, -0.25) is 0 Å². The van der Waals surface area contributed by atoms with Crippen molar-refractivity contribution in [3.8, 4) is 0 Å². The first kappa shape index (κ1) is 15.4. The quantitative estimate of drug-likeness (QED) is 0.632. The van der Waals surface area contributed by atoms with E-state index in [9.17, 15) is 12.6 Å². The minimum Gasteiger partial charge on any atom is -0.306 e. The second-order valence-corrected chi connectivity index (χ2v) is 8.57. The zero-order chi connectivity index (χ0) is 13.2. The maximum absolute atomic E-state index is 14.0. The van der Waals surface area contributed by atoms with Crippen molar-refractivity contribution in [3.05, 3.63) is 0 Å². The van der Waals surface area contributed by atoms with E-state index in [0.717, 1.165) is 7.11 Å². The van der Waals surface area contributed by atoms with Crippen LogP contribution in [0.1, 0.15) is 13.8 Å². The Morgan fingerprint density at radius 3 is 1.53 bits per heavy atom. The van der Waals surface area contributed by atoms with Crippen LogP contribution in [0.25, 0.3) is 0 Å². The van der Waals surface area contributed by atoms with E-state index < -0.39 is 23.2 Å². The van der Waals surface area contributed by atoms with E-state index >= 15 is 0 Å². The molecule has 1 aliphatic heterocycles. The van der Waals surface area contributed by atoms with Crippen molar-refractivity contribution in [1.29, 1.82) is 0 Å². The van der Waals surface area contributed by atoms with Gasteiger partial charge >= 0.3 is 23.2 Å². The van der Waals surface area contributed by atoms with Crippen LogP contribution in [0.3, 0.4) is 0 Å². The van der Waals surface area contributed by atoms with Crippen molar-refractivity contribution in [3.63, 3.8) is 0 Å². The Balaban J connectivity index is 3.36. The van der Waals surface area contributed by atoms with Gasteiger partial charge < -0.3 is 13.6 Å². The van der Waals surface area contributed by atoms with Crippen molar-refractivity contribution in [2.45, 2.75) is 13.8 Å². The molecule has 0 bridgehead atoms. The molecule has 3 atom stereocenters. The summed E-state index contributed by atoms with van der Waals surface area (Å²) >= 11 is 0. The summed E-state index contributed by atoms with van der Waals surface area (Å²) in [5, 5.41) is 0. The maximum atomic E-state index is 14.0. The maximum Gasteiger partial charge on any atom is 0.387 e. The summed E-state index contributed by atoms with van der Waals surface area (Å²) in [6.07, 6.45) is 0. The van der Waals surface area contributed by atoms with Crippen molar-refractivity contribution < 1.29 is 26.2 Å². The van der Waals surface area contributed by atoms with Gasteiger partial charge in [-0.1, -0.05) is 0 Å². The van der Waals surface area contributed by atoms with Gasteiger partial charge in [0.2, 0.25) is 0 Å². The van der Waals surface area contributed by atoms with Crippen LogP contribution in [-0.4, -0.2) is 20.3 Å². The minimum absolute atomic E-state index is 0.118. The highest BCUT2D eigenvalue weighted by atomic mass is 31.3. The van der Waals surface area contributed by atoms with Crippen molar-refractivity contribution in [2.24, 2.45) is 13.5 Å². The highest BCUT2D eigenvalue weighted by Crippen LogP contribution is 2.81. The molecule has 0 aromatic carbocycles. The molecule has 0 N–H and O–H groups in total. The van der Waals surface area contributed by atoms with Crippen LogP contribution in [-0.2, 0) is 13.6 Å². The van der Waals surface area contributed by atoms with Gasteiger partial charge in [-0.25, -0.2) is 0 Å². The lowest BCUT2D eigenvalue weighted by molar-refractivity contribution is 0.334. The molecule has 0 radical (unpaired) electrons. The summed E-state index contributed by atoms with van der Waals surface area (Å²) in [5.41, 5.74) is 0. The van der Waals surface area contributed by atoms with Crippen LogP contribution >= 0.6 is 23.2 Å². The van der Waals surface area contributed by atoms with Gasteiger partial charge in [0, 0.05) is 7.11 Å². The van der Waals surface area contributed by atoms with Gasteiger partial charge in [0.15, 0.2) is 0 Å². The third kappa shape index (κ3) is 3.91. The van der Waals surface area contributed by atoms with Gasteiger partial charge in [-0.05, 0) is 13.8 Å². The molecule has 0 spiro atoms. The fraction of sp³-hybridized carbons (Fsp3) is 1.00. The average Bonchev–Trinajstić information content (AvgIpc) is 2.15. The number of hydrogen-bond donors (Lipinski definition) is 0. The molecule has 1 aliphatic rings. The Hall–Kier alpha value is 0.360. The molecule has 0 amide bonds. The van der Waals surface area contributed by atoms with Crippen LogP contribution < -0.4 is 0 Å². The standard InChI is InChI=1S/C5H13F3N3O3P3/c1-4-13-16(7)9-15(6,12-3)10-17(8,11-16)14-5-2/h4-5H2,1-3H3. The molecule has 0 aromatic rings. The molecule has 0 aliphatic carbocycles. The first-order valence-electron chi connectivity index (χ1n) is 4.65. The molecule has 1 rings (SSSR count). The van der Waals surface area contributed by atoms with Gasteiger partial charge in [-0.2, -0.15) is 12.6 Å². The van der Waals surface area contributed by atoms with Gasteiger partial charge in [-0.15, -0.1) is 13.5 Å². The Morgan fingerprint density at radius 1 is 0.824 bits per heavy atom. The largest absolute Gasteiger partial charge is 0.387 e. The first-order chi connectivity index (χ1) is 7.80. The van der Waals surface area contributed by atoms with E-state index in [4.69, 9.17) is 0 Å². The van der Waals surface area contributed by atoms with E-state index in [2.05, 4.69) is 27.1 Å². The molecule has 1 heterocycles. The number of nitrogens with zero attached hydrogens (tertiary/aromatic N) is 3. The summed E-state index contributed by atoms with van der Waals surface area (Å²) in [7, 11) is -12.3. The molecular formula is C5H13F3N3O3P3. The molecule has 0 fully saturated rings. The van der Waals surface area contributed by atoms with Crippen LogP contribution in [0.2, 0.25) is 0 Å². The summed E-state index contributed by atoms with van der Waals surface area (Å²) in [6.45, 7) is 2.69. The third-order valence-electron chi connectivity index (χ3n) is 1.48. The summed E-state index contributed by atoms with van der Waals surface area (Å²) in [6, 6.07) is 0. The zero-order valence-electron chi connectivity index (χ0n) is 9.46. The second-order valence-electron chi connectivity index (χ2n) is 2.71. The van der Waals surface area contributed by atoms with Crippen LogP contribution in [0.4, 0.5) is 12.6 Å². The molecule has 0 aromatic heterocycles. The number of rotatable bonds is 5. The van der Waals surface area contributed by atoms with Crippen molar-refractivity contribution in [2.75, 3.05) is 20.3 Å². The zero-order valence-corrected chi connectivity index (χ0v) is 12.1. The van der Waals surface area contributed by atoms with E-state index in [1.54, 1.807) is 0 Å². The lowest BCUT2D eigenvalue weighted by Gasteiger charge is -2.21. The highest BCUT2D eigenvalue weighted by molar-refractivity contribution is 7.77. The molecular weight excluding hydrogens is 300 g/mol. The van der Waals surface area contributed by atoms with E-state index in [1.165, 1.54) is 13.8 Å².